The van der Waals surface area contributed by atoms with Crippen LogP contribution in [0, 0.1) is 5.92 Å². The molecule has 1 heterocycles. The molecule has 1 saturated heterocycles. The number of carbonyl (C=O) groups excluding carboxylic acids is 1. The number of methoxy groups -OCH3 is 1. The van der Waals surface area contributed by atoms with E-state index in [1.165, 1.54) is 0 Å². The molecule has 0 aliphatic carbocycles. The largest absolute Gasteiger partial charge is 0.496 e. The fraction of sp³-hybridized carbons (Fsp3) is 0.533. The van der Waals surface area contributed by atoms with Gasteiger partial charge in [-0.1, -0.05) is 18.2 Å². The Bertz CT molecular complexity index is 414. The molecule has 0 aromatic heterocycles. The number of hydrogen-bond donors (Lipinski definition) is 1. The van der Waals surface area contributed by atoms with E-state index in [-0.39, 0.29) is 5.91 Å². The summed E-state index contributed by atoms with van der Waals surface area (Å²) in [7, 11) is 1.62. The first kappa shape index (κ1) is 13.9. The van der Waals surface area contributed by atoms with E-state index in [2.05, 4.69) is 5.32 Å². The van der Waals surface area contributed by atoms with E-state index in [0.717, 1.165) is 43.9 Å². The van der Waals surface area contributed by atoms with Gasteiger partial charge < -0.3 is 14.8 Å². The summed E-state index contributed by atoms with van der Waals surface area (Å²) in [5.74, 6) is 1.41. The van der Waals surface area contributed by atoms with Crippen LogP contribution in [0.3, 0.4) is 0 Å². The van der Waals surface area contributed by atoms with Crippen molar-refractivity contribution < 1.29 is 14.3 Å². The highest BCUT2D eigenvalue weighted by Crippen LogP contribution is 2.18. The predicted octanol–water partition coefficient (Wildman–Crippen LogP) is 1.78. The molecule has 0 saturated carbocycles. The molecular formula is C15H21NO3. The number of rotatable bonds is 6. The average Bonchev–Trinajstić information content (AvgIpc) is 2.92. The van der Waals surface area contributed by atoms with Crippen molar-refractivity contribution in [2.75, 3.05) is 26.9 Å². The van der Waals surface area contributed by atoms with Gasteiger partial charge in [-0.25, -0.2) is 0 Å². The van der Waals surface area contributed by atoms with Crippen LogP contribution in [-0.4, -0.2) is 32.8 Å². The van der Waals surface area contributed by atoms with E-state index < -0.39 is 0 Å². The zero-order valence-electron chi connectivity index (χ0n) is 11.4. The van der Waals surface area contributed by atoms with Gasteiger partial charge in [-0.05, 0) is 24.8 Å². The SMILES string of the molecule is COc1ccccc1CC(=O)NCCC1CCOC1. The Morgan fingerprint density at radius 2 is 2.32 bits per heavy atom. The normalized spacial score (nSPS) is 18.3. The van der Waals surface area contributed by atoms with E-state index in [4.69, 9.17) is 9.47 Å². The number of para-hydroxylation sites is 1. The number of ether oxygens (including phenoxy) is 2. The van der Waals surface area contributed by atoms with Crippen LogP contribution in [0.1, 0.15) is 18.4 Å². The Morgan fingerprint density at radius 1 is 1.47 bits per heavy atom. The molecule has 4 heteroatoms. The summed E-state index contributed by atoms with van der Waals surface area (Å²) in [5, 5.41) is 2.96. The van der Waals surface area contributed by atoms with Crippen molar-refractivity contribution in [3.63, 3.8) is 0 Å². The van der Waals surface area contributed by atoms with E-state index in [1.807, 2.05) is 24.3 Å². The minimum Gasteiger partial charge on any atom is -0.496 e. The monoisotopic (exact) mass is 263 g/mol. The second kappa shape index (κ2) is 7.14. The van der Waals surface area contributed by atoms with Crippen molar-refractivity contribution in [2.45, 2.75) is 19.3 Å². The van der Waals surface area contributed by atoms with Gasteiger partial charge in [0.25, 0.3) is 0 Å². The third kappa shape index (κ3) is 4.24. The van der Waals surface area contributed by atoms with E-state index >= 15 is 0 Å². The first-order chi connectivity index (χ1) is 9.29. The van der Waals surface area contributed by atoms with E-state index in [9.17, 15) is 4.79 Å². The molecule has 1 aliphatic heterocycles. The molecule has 1 atom stereocenters. The quantitative estimate of drug-likeness (QED) is 0.851. The lowest BCUT2D eigenvalue weighted by molar-refractivity contribution is -0.120. The molecule has 19 heavy (non-hydrogen) atoms. The Hall–Kier alpha value is -1.55. The summed E-state index contributed by atoms with van der Waals surface area (Å²) in [6, 6.07) is 7.61. The minimum absolute atomic E-state index is 0.0448. The summed E-state index contributed by atoms with van der Waals surface area (Å²) in [6.07, 6.45) is 2.48. The van der Waals surface area contributed by atoms with Crippen LogP contribution in [0.5, 0.6) is 5.75 Å². The second-order valence-corrected chi connectivity index (χ2v) is 4.86. The summed E-state index contributed by atoms with van der Waals surface area (Å²) in [6.45, 7) is 2.42. The third-order valence-corrected chi connectivity index (χ3v) is 3.44. The van der Waals surface area contributed by atoms with Gasteiger partial charge >= 0.3 is 0 Å². The summed E-state index contributed by atoms with van der Waals surface area (Å²) in [5.41, 5.74) is 0.923. The summed E-state index contributed by atoms with van der Waals surface area (Å²) < 4.78 is 10.5. The fourth-order valence-electron chi connectivity index (χ4n) is 2.31. The maximum Gasteiger partial charge on any atom is 0.224 e. The average molecular weight is 263 g/mol. The van der Waals surface area contributed by atoms with Crippen molar-refractivity contribution in [1.29, 1.82) is 0 Å². The lowest BCUT2D eigenvalue weighted by Gasteiger charge is -2.10. The van der Waals surface area contributed by atoms with Crippen LogP contribution in [-0.2, 0) is 16.0 Å². The van der Waals surface area contributed by atoms with Crippen LogP contribution in [0.2, 0.25) is 0 Å². The Kier molecular flexibility index (Phi) is 5.21. The zero-order valence-corrected chi connectivity index (χ0v) is 11.4. The molecule has 4 nitrogen and oxygen atoms in total. The van der Waals surface area contributed by atoms with Crippen LogP contribution in [0.4, 0.5) is 0 Å². The number of carbonyl (C=O) groups is 1. The Labute approximate surface area is 114 Å². The Balaban J connectivity index is 1.74. The van der Waals surface area contributed by atoms with Crippen LogP contribution < -0.4 is 10.1 Å². The summed E-state index contributed by atoms with van der Waals surface area (Å²) >= 11 is 0. The van der Waals surface area contributed by atoms with Crippen molar-refractivity contribution in [3.8, 4) is 5.75 Å². The molecule has 1 aromatic rings. The topological polar surface area (TPSA) is 47.6 Å². The molecular weight excluding hydrogens is 242 g/mol. The second-order valence-electron chi connectivity index (χ2n) is 4.86. The standard InChI is InChI=1S/C15H21NO3/c1-18-14-5-3-2-4-13(14)10-15(17)16-8-6-12-7-9-19-11-12/h2-5,12H,6-11H2,1H3,(H,16,17). The van der Waals surface area contributed by atoms with Crippen molar-refractivity contribution in [3.05, 3.63) is 29.8 Å². The molecule has 0 bridgehead atoms. The Morgan fingerprint density at radius 3 is 3.05 bits per heavy atom. The fourth-order valence-corrected chi connectivity index (χ4v) is 2.31. The number of benzene rings is 1. The molecule has 2 rings (SSSR count). The first-order valence-electron chi connectivity index (χ1n) is 6.76. The van der Waals surface area contributed by atoms with Crippen molar-refractivity contribution in [2.24, 2.45) is 5.92 Å². The molecule has 1 amide bonds. The molecule has 1 aliphatic rings. The van der Waals surface area contributed by atoms with Crippen LogP contribution in [0.25, 0.3) is 0 Å². The molecule has 0 spiro atoms. The van der Waals surface area contributed by atoms with Gasteiger partial charge in [-0.15, -0.1) is 0 Å². The maximum absolute atomic E-state index is 11.9. The predicted molar refractivity (Wildman–Crippen MR) is 73.3 cm³/mol. The van der Waals surface area contributed by atoms with Crippen LogP contribution in [0.15, 0.2) is 24.3 Å². The van der Waals surface area contributed by atoms with Crippen molar-refractivity contribution in [1.82, 2.24) is 5.32 Å². The van der Waals surface area contributed by atoms with Gasteiger partial charge in [0, 0.05) is 25.3 Å². The van der Waals surface area contributed by atoms with Gasteiger partial charge in [0.05, 0.1) is 13.5 Å². The molecule has 0 radical (unpaired) electrons. The highest BCUT2D eigenvalue weighted by Gasteiger charge is 2.15. The molecule has 1 unspecified atom stereocenters. The smallest absolute Gasteiger partial charge is 0.224 e. The van der Waals surface area contributed by atoms with E-state index in [1.54, 1.807) is 7.11 Å². The lowest BCUT2D eigenvalue weighted by atomic mass is 10.1. The lowest BCUT2D eigenvalue weighted by Crippen LogP contribution is -2.27. The van der Waals surface area contributed by atoms with Gasteiger partial charge in [0.15, 0.2) is 0 Å². The first-order valence-corrected chi connectivity index (χ1v) is 6.76. The van der Waals surface area contributed by atoms with Gasteiger partial charge in [-0.2, -0.15) is 0 Å². The highest BCUT2D eigenvalue weighted by atomic mass is 16.5. The molecule has 1 aromatic carbocycles. The number of hydrogen-bond acceptors (Lipinski definition) is 3. The third-order valence-electron chi connectivity index (χ3n) is 3.44. The van der Waals surface area contributed by atoms with Crippen molar-refractivity contribution >= 4 is 5.91 Å². The number of nitrogens with one attached hydrogen (secondary N) is 1. The number of amides is 1. The summed E-state index contributed by atoms with van der Waals surface area (Å²) in [4.78, 5) is 11.9. The molecule has 1 fully saturated rings. The maximum atomic E-state index is 11.9. The van der Waals surface area contributed by atoms with E-state index in [0.29, 0.717) is 12.3 Å². The molecule has 104 valence electrons. The van der Waals surface area contributed by atoms with Crippen LogP contribution >= 0.6 is 0 Å². The highest BCUT2D eigenvalue weighted by molar-refractivity contribution is 5.79. The van der Waals surface area contributed by atoms with Gasteiger partial charge in [0.1, 0.15) is 5.75 Å². The molecule has 1 N–H and O–H groups in total. The van der Waals surface area contributed by atoms with Gasteiger partial charge in [-0.3, -0.25) is 4.79 Å². The van der Waals surface area contributed by atoms with Gasteiger partial charge in [0.2, 0.25) is 5.91 Å². The minimum atomic E-state index is 0.0448. The zero-order chi connectivity index (χ0) is 13.5.